The summed E-state index contributed by atoms with van der Waals surface area (Å²) in [5.74, 6) is 0. The predicted octanol–water partition coefficient (Wildman–Crippen LogP) is 4.51. The molecule has 0 amide bonds. The van der Waals surface area contributed by atoms with Crippen molar-refractivity contribution in [1.29, 1.82) is 0 Å². The molecule has 2 aromatic carbocycles. The maximum atomic E-state index is 3.49. The van der Waals surface area contributed by atoms with E-state index in [0.717, 1.165) is 0 Å². The van der Waals surface area contributed by atoms with Crippen molar-refractivity contribution >= 4 is 23.1 Å². The van der Waals surface area contributed by atoms with Gasteiger partial charge in [-0.2, -0.15) is 0 Å². The van der Waals surface area contributed by atoms with Crippen LogP contribution >= 0.6 is 11.8 Å². The minimum atomic E-state index is 1.21. The number of fused-ring (bicyclic) bond motifs is 2. The van der Waals surface area contributed by atoms with Gasteiger partial charge >= 0.3 is 0 Å². The van der Waals surface area contributed by atoms with Gasteiger partial charge in [-0.25, -0.2) is 0 Å². The summed E-state index contributed by atoms with van der Waals surface area (Å²) in [6.07, 6.45) is 0. The SMILES string of the molecule is Cc1cc2c(cc1C)Sc1ccccc1N2. The van der Waals surface area contributed by atoms with Crippen molar-refractivity contribution in [2.75, 3.05) is 5.32 Å². The van der Waals surface area contributed by atoms with Gasteiger partial charge in [-0.05, 0) is 49.2 Å². The molecule has 2 heteroatoms. The molecule has 0 saturated heterocycles. The van der Waals surface area contributed by atoms with Crippen LogP contribution < -0.4 is 5.32 Å². The minimum absolute atomic E-state index is 1.21. The summed E-state index contributed by atoms with van der Waals surface area (Å²) in [6.45, 7) is 4.32. The lowest BCUT2D eigenvalue weighted by molar-refractivity contribution is 1.24. The molecule has 2 aromatic rings. The Balaban J connectivity index is 2.12. The standard InChI is InChI=1S/C14H13NS/c1-9-7-12-14(8-10(9)2)16-13-6-4-3-5-11(13)15-12/h3-8,15H,1-2H3. The Labute approximate surface area is 99.9 Å². The molecule has 0 aromatic heterocycles. The molecule has 0 unspecified atom stereocenters. The molecule has 0 radical (unpaired) electrons. The van der Waals surface area contributed by atoms with Crippen molar-refractivity contribution < 1.29 is 0 Å². The van der Waals surface area contributed by atoms with E-state index >= 15 is 0 Å². The largest absolute Gasteiger partial charge is 0.354 e. The van der Waals surface area contributed by atoms with Crippen LogP contribution in [0.25, 0.3) is 0 Å². The molecule has 1 N–H and O–H groups in total. The third-order valence-electron chi connectivity index (χ3n) is 2.97. The summed E-state index contributed by atoms with van der Waals surface area (Å²) in [5.41, 5.74) is 5.13. The van der Waals surface area contributed by atoms with Gasteiger partial charge in [0, 0.05) is 9.79 Å². The van der Waals surface area contributed by atoms with Crippen molar-refractivity contribution in [3.63, 3.8) is 0 Å². The quantitative estimate of drug-likeness (QED) is 0.606. The third kappa shape index (κ3) is 1.50. The van der Waals surface area contributed by atoms with Crippen LogP contribution in [0.1, 0.15) is 11.1 Å². The van der Waals surface area contributed by atoms with Gasteiger partial charge in [-0.3, -0.25) is 0 Å². The molecule has 0 aliphatic carbocycles. The van der Waals surface area contributed by atoms with E-state index in [2.05, 4.69) is 55.6 Å². The monoisotopic (exact) mass is 227 g/mol. The number of nitrogens with one attached hydrogen (secondary N) is 1. The smallest absolute Gasteiger partial charge is 0.0529 e. The highest BCUT2D eigenvalue weighted by atomic mass is 32.2. The molecular formula is C14H13NS. The molecule has 1 aliphatic rings. The summed E-state index contributed by atoms with van der Waals surface area (Å²) in [6, 6.07) is 12.9. The van der Waals surface area contributed by atoms with Gasteiger partial charge in [-0.15, -0.1) is 0 Å². The molecule has 0 bridgehead atoms. The van der Waals surface area contributed by atoms with Gasteiger partial charge in [-0.1, -0.05) is 23.9 Å². The van der Waals surface area contributed by atoms with Gasteiger partial charge in [0.1, 0.15) is 0 Å². The van der Waals surface area contributed by atoms with E-state index in [9.17, 15) is 0 Å². The number of anilines is 2. The second-order valence-electron chi connectivity index (χ2n) is 4.16. The zero-order valence-corrected chi connectivity index (χ0v) is 10.2. The lowest BCUT2D eigenvalue weighted by Crippen LogP contribution is -2.00. The van der Waals surface area contributed by atoms with Crippen molar-refractivity contribution in [2.45, 2.75) is 23.6 Å². The molecule has 0 atom stereocenters. The van der Waals surface area contributed by atoms with E-state index in [1.54, 1.807) is 0 Å². The number of benzene rings is 2. The van der Waals surface area contributed by atoms with E-state index in [1.807, 2.05) is 11.8 Å². The molecule has 1 nitrogen and oxygen atoms in total. The van der Waals surface area contributed by atoms with Crippen LogP contribution in [0.5, 0.6) is 0 Å². The molecule has 0 spiro atoms. The van der Waals surface area contributed by atoms with Crippen molar-refractivity contribution in [3.8, 4) is 0 Å². The molecular weight excluding hydrogens is 214 g/mol. The zero-order chi connectivity index (χ0) is 11.1. The van der Waals surface area contributed by atoms with Crippen molar-refractivity contribution in [1.82, 2.24) is 0 Å². The Morgan fingerprint density at radius 2 is 1.62 bits per heavy atom. The Hall–Kier alpha value is -1.41. The van der Waals surface area contributed by atoms with Crippen LogP contribution in [0.4, 0.5) is 11.4 Å². The Morgan fingerprint density at radius 1 is 0.875 bits per heavy atom. The maximum absolute atomic E-state index is 3.49. The average molecular weight is 227 g/mol. The fraction of sp³-hybridized carbons (Fsp3) is 0.143. The molecule has 1 aliphatic heterocycles. The van der Waals surface area contributed by atoms with E-state index in [1.165, 1.54) is 32.3 Å². The lowest BCUT2D eigenvalue weighted by atomic mass is 10.1. The zero-order valence-electron chi connectivity index (χ0n) is 9.37. The number of rotatable bonds is 0. The van der Waals surface area contributed by atoms with Crippen LogP contribution in [0.15, 0.2) is 46.2 Å². The highest BCUT2D eigenvalue weighted by Crippen LogP contribution is 2.44. The average Bonchev–Trinajstić information content (AvgIpc) is 2.28. The van der Waals surface area contributed by atoms with Crippen molar-refractivity contribution in [2.24, 2.45) is 0 Å². The first-order valence-corrected chi connectivity index (χ1v) is 6.21. The third-order valence-corrected chi connectivity index (χ3v) is 4.11. The molecule has 80 valence electrons. The highest BCUT2D eigenvalue weighted by molar-refractivity contribution is 7.99. The van der Waals surface area contributed by atoms with Crippen LogP contribution in [0.3, 0.4) is 0 Å². The fourth-order valence-corrected chi connectivity index (χ4v) is 2.96. The fourth-order valence-electron chi connectivity index (χ4n) is 1.89. The lowest BCUT2D eigenvalue weighted by Gasteiger charge is -2.21. The number of para-hydroxylation sites is 1. The normalized spacial score (nSPS) is 12.6. The molecule has 1 heterocycles. The van der Waals surface area contributed by atoms with Crippen LogP contribution in [0, 0.1) is 13.8 Å². The summed E-state index contributed by atoms with van der Waals surface area (Å²) in [4.78, 5) is 2.63. The number of aryl methyl sites for hydroxylation is 2. The summed E-state index contributed by atoms with van der Waals surface area (Å²) >= 11 is 1.84. The Morgan fingerprint density at radius 3 is 2.50 bits per heavy atom. The van der Waals surface area contributed by atoms with Gasteiger partial charge in [0.15, 0.2) is 0 Å². The number of hydrogen-bond acceptors (Lipinski definition) is 2. The van der Waals surface area contributed by atoms with Gasteiger partial charge in [0.2, 0.25) is 0 Å². The molecule has 0 fully saturated rings. The van der Waals surface area contributed by atoms with E-state index in [0.29, 0.717) is 0 Å². The maximum Gasteiger partial charge on any atom is 0.0529 e. The van der Waals surface area contributed by atoms with Gasteiger partial charge < -0.3 is 5.32 Å². The first-order valence-electron chi connectivity index (χ1n) is 5.39. The van der Waals surface area contributed by atoms with Gasteiger partial charge in [0.05, 0.1) is 11.4 Å². The van der Waals surface area contributed by atoms with E-state index in [-0.39, 0.29) is 0 Å². The van der Waals surface area contributed by atoms with Gasteiger partial charge in [0.25, 0.3) is 0 Å². The van der Waals surface area contributed by atoms with Crippen LogP contribution in [-0.4, -0.2) is 0 Å². The molecule has 3 rings (SSSR count). The number of hydrogen-bond donors (Lipinski definition) is 1. The second-order valence-corrected chi connectivity index (χ2v) is 5.24. The molecule has 0 saturated carbocycles. The summed E-state index contributed by atoms with van der Waals surface area (Å²) < 4.78 is 0. The molecule has 16 heavy (non-hydrogen) atoms. The summed E-state index contributed by atoms with van der Waals surface area (Å²) in [7, 11) is 0. The minimum Gasteiger partial charge on any atom is -0.354 e. The van der Waals surface area contributed by atoms with Crippen molar-refractivity contribution in [3.05, 3.63) is 47.5 Å². The Kier molecular flexibility index (Phi) is 2.18. The first-order chi connectivity index (χ1) is 7.74. The van der Waals surface area contributed by atoms with E-state index in [4.69, 9.17) is 0 Å². The van der Waals surface area contributed by atoms with E-state index < -0.39 is 0 Å². The van der Waals surface area contributed by atoms with Crippen LogP contribution in [0.2, 0.25) is 0 Å². The Bertz CT molecular complexity index is 511. The second kappa shape index (κ2) is 3.56. The highest BCUT2D eigenvalue weighted by Gasteiger charge is 2.15. The topological polar surface area (TPSA) is 12.0 Å². The summed E-state index contributed by atoms with van der Waals surface area (Å²) in [5, 5.41) is 3.49. The van der Waals surface area contributed by atoms with Crippen LogP contribution in [-0.2, 0) is 0 Å². The first kappa shape index (κ1) is 9.79. The predicted molar refractivity (Wildman–Crippen MR) is 69.8 cm³/mol.